The Kier molecular flexibility index (Phi) is 7.86. The molecule has 0 N–H and O–H groups in total. The monoisotopic (exact) mass is 297 g/mol. The van der Waals surface area contributed by atoms with Crippen LogP contribution < -0.4 is 0 Å². The molecule has 5 nitrogen and oxygen atoms in total. The second kappa shape index (κ2) is 10.0. The van der Waals surface area contributed by atoms with Gasteiger partial charge in [-0.25, -0.2) is 4.79 Å². The van der Waals surface area contributed by atoms with Gasteiger partial charge in [-0.3, -0.25) is 0 Å². The molecule has 0 radical (unpaired) electrons. The van der Waals surface area contributed by atoms with Crippen LogP contribution >= 0.6 is 0 Å². The molecule has 5 heteroatoms. The van der Waals surface area contributed by atoms with Crippen LogP contribution in [0.25, 0.3) is 0 Å². The Labute approximate surface area is 131 Å². The summed E-state index contributed by atoms with van der Waals surface area (Å²) in [5.41, 5.74) is 1.11. The van der Waals surface area contributed by atoms with Crippen molar-refractivity contribution in [2.75, 3.05) is 19.7 Å². The van der Waals surface area contributed by atoms with Crippen molar-refractivity contribution in [2.24, 2.45) is 0 Å². The van der Waals surface area contributed by atoms with Crippen LogP contribution in [-0.2, 0) is 16.0 Å². The lowest BCUT2D eigenvalue weighted by Crippen LogP contribution is -2.23. The van der Waals surface area contributed by atoms with Crippen LogP contribution in [-0.4, -0.2) is 30.6 Å². The van der Waals surface area contributed by atoms with Gasteiger partial charge >= 0.3 is 5.97 Å². The molecule has 0 aliphatic heterocycles. The summed E-state index contributed by atoms with van der Waals surface area (Å²) in [5.74, 6) is -0.633. The average Bonchev–Trinajstić information content (AvgIpc) is 2.55. The van der Waals surface area contributed by atoms with Gasteiger partial charge in [-0.05, 0) is 18.9 Å². The van der Waals surface area contributed by atoms with E-state index in [1.165, 1.54) is 6.20 Å². The normalized spacial score (nSPS) is 10.4. The van der Waals surface area contributed by atoms with E-state index >= 15 is 0 Å². The molecule has 0 bridgehead atoms. The maximum atomic E-state index is 11.7. The summed E-state index contributed by atoms with van der Waals surface area (Å²) in [6, 6.07) is 13.8. The quantitative estimate of drug-likeness (QED) is 0.418. The van der Waals surface area contributed by atoms with E-state index < -0.39 is 5.97 Å². The highest BCUT2D eigenvalue weighted by atomic mass is 16.5. The van der Waals surface area contributed by atoms with E-state index in [1.807, 2.05) is 41.3 Å². The Morgan fingerprint density at radius 3 is 2.59 bits per heavy atom. The molecule has 0 atom stereocenters. The summed E-state index contributed by atoms with van der Waals surface area (Å²) < 4.78 is 4.84. The predicted molar refractivity (Wildman–Crippen MR) is 82.3 cm³/mol. The number of nitrogens with zero attached hydrogens (tertiary/aromatic N) is 3. The van der Waals surface area contributed by atoms with Gasteiger partial charge in [0.2, 0.25) is 0 Å². The summed E-state index contributed by atoms with van der Waals surface area (Å²) in [6.45, 7) is 3.00. The molecule has 0 saturated heterocycles. The van der Waals surface area contributed by atoms with E-state index in [1.54, 1.807) is 6.92 Å². The molecule has 1 rings (SSSR count). The number of nitriles is 2. The molecule has 0 amide bonds. The molecule has 0 aromatic heterocycles. The molecule has 0 spiro atoms. The van der Waals surface area contributed by atoms with E-state index in [0.29, 0.717) is 19.5 Å². The number of ether oxygens (including phenoxy) is 1. The first kappa shape index (κ1) is 17.3. The standard InChI is InChI=1S/C17H19N3O2/c1-2-22-17(21)16(13-19)14-20(11-6-10-18)12-9-15-7-4-3-5-8-15/h3-5,7-8,14H,2,6,9,11-12H2,1H3/b16-14+. The van der Waals surface area contributed by atoms with Crippen molar-refractivity contribution in [3.05, 3.63) is 47.7 Å². The Morgan fingerprint density at radius 1 is 1.27 bits per heavy atom. The summed E-state index contributed by atoms with van der Waals surface area (Å²) in [4.78, 5) is 13.5. The van der Waals surface area contributed by atoms with Gasteiger partial charge in [0, 0.05) is 19.3 Å². The lowest BCUT2D eigenvalue weighted by molar-refractivity contribution is -0.138. The number of esters is 1. The highest BCUT2D eigenvalue weighted by Crippen LogP contribution is 2.06. The molecular weight excluding hydrogens is 278 g/mol. The highest BCUT2D eigenvalue weighted by molar-refractivity contribution is 5.92. The van der Waals surface area contributed by atoms with E-state index in [0.717, 1.165) is 12.0 Å². The maximum absolute atomic E-state index is 11.7. The fraction of sp³-hybridized carbons (Fsp3) is 0.353. The molecule has 0 aliphatic rings. The predicted octanol–water partition coefficient (Wildman–Crippen LogP) is 2.42. The minimum Gasteiger partial charge on any atom is -0.462 e. The molecule has 0 fully saturated rings. The maximum Gasteiger partial charge on any atom is 0.350 e. The van der Waals surface area contributed by atoms with Crippen LogP contribution in [0, 0.1) is 22.7 Å². The second-order valence-electron chi connectivity index (χ2n) is 4.55. The van der Waals surface area contributed by atoms with Gasteiger partial charge in [0.25, 0.3) is 0 Å². The van der Waals surface area contributed by atoms with E-state index in [4.69, 9.17) is 15.3 Å². The number of rotatable bonds is 8. The van der Waals surface area contributed by atoms with Gasteiger partial charge in [-0.2, -0.15) is 10.5 Å². The average molecular weight is 297 g/mol. The molecule has 0 aliphatic carbocycles. The third-order valence-corrected chi connectivity index (χ3v) is 2.97. The van der Waals surface area contributed by atoms with Crippen molar-refractivity contribution in [2.45, 2.75) is 19.8 Å². The first-order valence-electron chi connectivity index (χ1n) is 7.15. The number of carbonyl (C=O) groups excluding carboxylic acids is 1. The minimum absolute atomic E-state index is 0.0483. The first-order valence-corrected chi connectivity index (χ1v) is 7.15. The zero-order valence-electron chi connectivity index (χ0n) is 12.7. The van der Waals surface area contributed by atoms with Gasteiger partial charge in [0.1, 0.15) is 6.07 Å². The van der Waals surface area contributed by atoms with Crippen molar-refractivity contribution in [1.29, 1.82) is 10.5 Å². The lowest BCUT2D eigenvalue weighted by atomic mass is 10.1. The molecule has 0 unspecified atom stereocenters. The van der Waals surface area contributed by atoms with Crippen LogP contribution in [0.2, 0.25) is 0 Å². The molecule has 1 aromatic rings. The third-order valence-electron chi connectivity index (χ3n) is 2.97. The largest absolute Gasteiger partial charge is 0.462 e. The molecular formula is C17H19N3O2. The van der Waals surface area contributed by atoms with Gasteiger partial charge in [-0.1, -0.05) is 30.3 Å². The number of carbonyl (C=O) groups is 1. The Hall–Kier alpha value is -2.79. The second-order valence-corrected chi connectivity index (χ2v) is 4.55. The van der Waals surface area contributed by atoms with Crippen LogP contribution in [0.1, 0.15) is 18.9 Å². The van der Waals surface area contributed by atoms with Gasteiger partial charge in [-0.15, -0.1) is 0 Å². The number of hydrogen-bond acceptors (Lipinski definition) is 5. The Morgan fingerprint density at radius 2 is 2.00 bits per heavy atom. The van der Waals surface area contributed by atoms with Gasteiger partial charge in [0.15, 0.2) is 5.57 Å². The van der Waals surface area contributed by atoms with Crippen molar-refractivity contribution >= 4 is 5.97 Å². The summed E-state index contributed by atoms with van der Waals surface area (Å²) in [5, 5.41) is 17.8. The summed E-state index contributed by atoms with van der Waals surface area (Å²) in [7, 11) is 0. The zero-order chi connectivity index (χ0) is 16.2. The number of hydrogen-bond donors (Lipinski definition) is 0. The van der Waals surface area contributed by atoms with Crippen LogP contribution in [0.3, 0.4) is 0 Å². The van der Waals surface area contributed by atoms with Crippen LogP contribution in [0.5, 0.6) is 0 Å². The molecule has 114 valence electrons. The zero-order valence-corrected chi connectivity index (χ0v) is 12.7. The fourth-order valence-corrected chi connectivity index (χ4v) is 1.87. The van der Waals surface area contributed by atoms with Crippen LogP contribution in [0.15, 0.2) is 42.1 Å². The summed E-state index contributed by atoms with van der Waals surface area (Å²) in [6.07, 6.45) is 2.58. The van der Waals surface area contributed by atoms with Crippen LogP contribution in [0.4, 0.5) is 0 Å². The minimum atomic E-state index is -0.633. The highest BCUT2D eigenvalue weighted by Gasteiger charge is 2.12. The Bertz CT molecular complexity index is 582. The van der Waals surface area contributed by atoms with Gasteiger partial charge in [0.05, 0.1) is 19.1 Å². The summed E-state index contributed by atoms with van der Waals surface area (Å²) >= 11 is 0. The van der Waals surface area contributed by atoms with Crippen molar-refractivity contribution in [3.8, 4) is 12.1 Å². The van der Waals surface area contributed by atoms with Crippen molar-refractivity contribution in [3.63, 3.8) is 0 Å². The topological polar surface area (TPSA) is 77.1 Å². The fourth-order valence-electron chi connectivity index (χ4n) is 1.87. The SMILES string of the molecule is CCOC(=O)/C(C#N)=C/N(CCC#N)CCc1ccccc1. The molecule has 1 aromatic carbocycles. The molecule has 0 saturated carbocycles. The van der Waals surface area contributed by atoms with Gasteiger partial charge < -0.3 is 9.64 Å². The molecule has 22 heavy (non-hydrogen) atoms. The Balaban J connectivity index is 2.76. The van der Waals surface area contributed by atoms with E-state index in [-0.39, 0.29) is 12.2 Å². The van der Waals surface area contributed by atoms with Crippen molar-refractivity contribution in [1.82, 2.24) is 4.90 Å². The van der Waals surface area contributed by atoms with Crippen molar-refractivity contribution < 1.29 is 9.53 Å². The third kappa shape index (κ3) is 6.11. The lowest BCUT2D eigenvalue weighted by Gasteiger charge is -2.19. The molecule has 0 heterocycles. The smallest absolute Gasteiger partial charge is 0.350 e. The van der Waals surface area contributed by atoms with E-state index in [2.05, 4.69) is 6.07 Å². The van der Waals surface area contributed by atoms with E-state index in [9.17, 15) is 4.79 Å². The number of benzene rings is 1. The first-order chi connectivity index (χ1) is 10.7.